The molecule has 2 aromatic rings. The summed E-state index contributed by atoms with van der Waals surface area (Å²) in [6, 6.07) is 2.14. The van der Waals surface area contributed by atoms with Crippen molar-refractivity contribution in [2.45, 2.75) is 45.6 Å². The fourth-order valence-electron chi connectivity index (χ4n) is 4.51. The molecule has 2 atom stereocenters. The molecule has 0 aromatic carbocycles. The van der Waals surface area contributed by atoms with E-state index in [0.29, 0.717) is 13.1 Å². The van der Waals surface area contributed by atoms with Crippen LogP contribution in [0.4, 0.5) is 10.5 Å². The molecule has 1 amide bonds. The first-order chi connectivity index (χ1) is 14.7. The first-order valence-corrected chi connectivity index (χ1v) is 11.2. The summed E-state index contributed by atoms with van der Waals surface area (Å²) < 4.78 is 5.56. The molecule has 2 unspecified atom stereocenters. The van der Waals surface area contributed by atoms with Crippen LogP contribution in [0.25, 0.3) is 11.0 Å². The summed E-state index contributed by atoms with van der Waals surface area (Å²) in [6.07, 6.45) is 4.22. The van der Waals surface area contributed by atoms with Crippen LogP contribution in [0.5, 0.6) is 0 Å². The van der Waals surface area contributed by atoms with Crippen molar-refractivity contribution in [1.82, 2.24) is 24.8 Å². The quantitative estimate of drug-likeness (QED) is 0.730. The third kappa shape index (κ3) is 4.89. The van der Waals surface area contributed by atoms with E-state index in [1.807, 2.05) is 31.9 Å². The van der Waals surface area contributed by atoms with Crippen molar-refractivity contribution >= 4 is 22.8 Å². The number of ether oxygens (including phenoxy) is 1. The highest BCUT2D eigenvalue weighted by molar-refractivity contribution is 5.80. The largest absolute Gasteiger partial charge is 0.444 e. The average Bonchev–Trinajstić information content (AvgIpc) is 2.72. The topological polar surface area (TPSA) is 74.7 Å². The van der Waals surface area contributed by atoms with Crippen molar-refractivity contribution in [2.75, 3.05) is 51.2 Å². The highest BCUT2D eigenvalue weighted by Crippen LogP contribution is 2.35. The molecule has 0 saturated carbocycles. The number of amides is 1. The van der Waals surface area contributed by atoms with E-state index in [2.05, 4.69) is 39.8 Å². The van der Waals surface area contributed by atoms with Crippen LogP contribution in [0.15, 0.2) is 18.6 Å². The molecule has 2 aromatic heterocycles. The van der Waals surface area contributed by atoms with Gasteiger partial charge in [-0.1, -0.05) is 6.92 Å². The second-order valence-corrected chi connectivity index (χ2v) is 9.91. The van der Waals surface area contributed by atoms with Gasteiger partial charge in [-0.15, -0.1) is 0 Å². The van der Waals surface area contributed by atoms with E-state index >= 15 is 0 Å². The van der Waals surface area contributed by atoms with Crippen molar-refractivity contribution in [2.24, 2.45) is 5.92 Å². The minimum absolute atomic E-state index is 0.236. The molecule has 4 rings (SSSR count). The fraction of sp³-hybridized carbons (Fsp3) is 0.652. The van der Waals surface area contributed by atoms with E-state index in [-0.39, 0.29) is 17.9 Å². The summed E-state index contributed by atoms with van der Waals surface area (Å²) >= 11 is 0. The van der Waals surface area contributed by atoms with Gasteiger partial charge in [-0.3, -0.25) is 4.98 Å². The maximum Gasteiger partial charge on any atom is 0.410 e. The number of nitrogens with zero attached hydrogens (tertiary/aromatic N) is 6. The van der Waals surface area contributed by atoms with E-state index in [1.54, 1.807) is 6.33 Å². The molecule has 0 aliphatic carbocycles. The monoisotopic (exact) mass is 426 g/mol. The predicted octanol–water partition coefficient (Wildman–Crippen LogP) is 3.14. The Labute approximate surface area is 184 Å². The standard InChI is InChI=1S/C23H34N6O2/c1-16-14-29(22(30)31-23(2,3)4)7-6-18(16)20-21-19(25-15-26-20)12-17(13-24-21)28-10-8-27(5)9-11-28/h12-13,15-16,18H,6-11,14H2,1-5H3. The second-order valence-electron chi connectivity index (χ2n) is 9.91. The van der Waals surface area contributed by atoms with Crippen molar-refractivity contribution in [1.29, 1.82) is 0 Å². The molecule has 8 nitrogen and oxygen atoms in total. The third-order valence-corrected chi connectivity index (χ3v) is 6.27. The van der Waals surface area contributed by atoms with Crippen LogP contribution in [0.1, 0.15) is 45.7 Å². The highest BCUT2D eigenvalue weighted by atomic mass is 16.6. The fourth-order valence-corrected chi connectivity index (χ4v) is 4.51. The molecular formula is C23H34N6O2. The van der Waals surface area contributed by atoms with E-state index < -0.39 is 5.60 Å². The van der Waals surface area contributed by atoms with Gasteiger partial charge in [-0.05, 0) is 46.2 Å². The number of fused-ring (bicyclic) bond motifs is 1. The molecule has 0 radical (unpaired) electrons. The number of aromatic nitrogens is 3. The van der Waals surface area contributed by atoms with Crippen molar-refractivity contribution in [3.05, 3.63) is 24.3 Å². The van der Waals surface area contributed by atoms with E-state index in [4.69, 9.17) is 9.72 Å². The van der Waals surface area contributed by atoms with Crippen LogP contribution in [-0.4, -0.2) is 82.8 Å². The third-order valence-electron chi connectivity index (χ3n) is 6.27. The first kappa shape index (κ1) is 21.7. The lowest BCUT2D eigenvalue weighted by Crippen LogP contribution is -2.44. The molecule has 0 spiro atoms. The first-order valence-electron chi connectivity index (χ1n) is 11.2. The van der Waals surface area contributed by atoms with Gasteiger partial charge < -0.3 is 19.4 Å². The van der Waals surface area contributed by atoms with E-state index in [1.165, 1.54) is 0 Å². The molecule has 2 fully saturated rings. The number of anilines is 1. The van der Waals surface area contributed by atoms with Crippen LogP contribution in [0.2, 0.25) is 0 Å². The minimum atomic E-state index is -0.481. The normalized spacial score (nSPS) is 23.3. The Morgan fingerprint density at radius 2 is 1.84 bits per heavy atom. The van der Waals surface area contributed by atoms with Crippen molar-refractivity contribution < 1.29 is 9.53 Å². The number of likely N-dealkylation sites (tertiary alicyclic amines) is 1. The summed E-state index contributed by atoms with van der Waals surface area (Å²) in [5.41, 5.74) is 3.40. The Bertz CT molecular complexity index is 935. The zero-order valence-electron chi connectivity index (χ0n) is 19.3. The zero-order chi connectivity index (χ0) is 22.2. The number of rotatable bonds is 2. The maximum atomic E-state index is 12.5. The molecule has 2 aliphatic rings. The molecule has 4 heterocycles. The van der Waals surface area contributed by atoms with Gasteiger partial charge >= 0.3 is 6.09 Å². The molecule has 168 valence electrons. The van der Waals surface area contributed by atoms with Crippen LogP contribution in [0, 0.1) is 5.92 Å². The molecule has 0 N–H and O–H groups in total. The van der Waals surface area contributed by atoms with Gasteiger partial charge in [0.15, 0.2) is 0 Å². The average molecular weight is 427 g/mol. The smallest absolute Gasteiger partial charge is 0.410 e. The number of piperidine rings is 1. The lowest BCUT2D eigenvalue weighted by molar-refractivity contribution is 0.0154. The second kappa shape index (κ2) is 8.57. The SMILES string of the molecule is CC1CN(C(=O)OC(C)(C)C)CCC1c1ncnc2cc(N3CCN(C)CC3)cnc12. The summed E-state index contributed by atoms with van der Waals surface area (Å²) in [5, 5.41) is 0. The number of likely N-dealkylation sites (N-methyl/N-ethyl adjacent to an activating group) is 1. The Hall–Kier alpha value is -2.48. The molecule has 0 bridgehead atoms. The van der Waals surface area contributed by atoms with Crippen molar-refractivity contribution in [3.63, 3.8) is 0 Å². The van der Waals surface area contributed by atoms with Gasteiger partial charge in [0, 0.05) is 45.2 Å². The Morgan fingerprint density at radius 3 is 2.52 bits per heavy atom. The summed E-state index contributed by atoms with van der Waals surface area (Å²) in [5.74, 6) is 0.504. The van der Waals surface area contributed by atoms with Gasteiger partial charge in [0.2, 0.25) is 0 Å². The highest BCUT2D eigenvalue weighted by Gasteiger charge is 2.34. The number of carbonyl (C=O) groups excluding carboxylic acids is 1. The Balaban J connectivity index is 1.51. The van der Waals surface area contributed by atoms with E-state index in [9.17, 15) is 4.79 Å². The van der Waals surface area contributed by atoms with Crippen LogP contribution in [0.3, 0.4) is 0 Å². The predicted molar refractivity (Wildman–Crippen MR) is 121 cm³/mol. The van der Waals surface area contributed by atoms with Gasteiger partial charge in [-0.25, -0.2) is 14.8 Å². The minimum Gasteiger partial charge on any atom is -0.444 e. The summed E-state index contributed by atoms with van der Waals surface area (Å²) in [6.45, 7) is 13.3. The lowest BCUT2D eigenvalue weighted by atomic mass is 9.84. The Kier molecular flexibility index (Phi) is 6.01. The number of hydrogen-bond donors (Lipinski definition) is 0. The number of hydrogen-bond acceptors (Lipinski definition) is 7. The molecular weight excluding hydrogens is 392 g/mol. The summed E-state index contributed by atoms with van der Waals surface area (Å²) in [7, 11) is 2.16. The van der Waals surface area contributed by atoms with Crippen LogP contribution in [-0.2, 0) is 4.74 Å². The van der Waals surface area contributed by atoms with Crippen LogP contribution >= 0.6 is 0 Å². The Morgan fingerprint density at radius 1 is 1.10 bits per heavy atom. The summed E-state index contributed by atoms with van der Waals surface area (Å²) in [4.78, 5) is 33.0. The zero-order valence-corrected chi connectivity index (χ0v) is 19.3. The lowest BCUT2D eigenvalue weighted by Gasteiger charge is -2.37. The molecule has 2 saturated heterocycles. The molecule has 8 heteroatoms. The van der Waals surface area contributed by atoms with Gasteiger partial charge in [0.05, 0.1) is 23.1 Å². The molecule has 2 aliphatic heterocycles. The van der Waals surface area contributed by atoms with Crippen LogP contribution < -0.4 is 4.90 Å². The number of piperazine rings is 1. The molecule has 31 heavy (non-hydrogen) atoms. The van der Waals surface area contributed by atoms with Gasteiger partial charge in [0.25, 0.3) is 0 Å². The van der Waals surface area contributed by atoms with Crippen molar-refractivity contribution in [3.8, 4) is 0 Å². The van der Waals surface area contributed by atoms with Gasteiger partial charge in [-0.2, -0.15) is 0 Å². The number of carbonyl (C=O) groups is 1. The maximum absolute atomic E-state index is 12.5. The van der Waals surface area contributed by atoms with Gasteiger partial charge in [0.1, 0.15) is 17.4 Å². The number of pyridine rings is 1. The van der Waals surface area contributed by atoms with E-state index in [0.717, 1.165) is 55.0 Å².